The molecule has 0 bridgehead atoms. The fraction of sp³-hybridized carbons (Fsp3) is 0.480. The second-order valence-electron chi connectivity index (χ2n) is 9.48. The van der Waals surface area contributed by atoms with Crippen molar-refractivity contribution in [2.24, 2.45) is 5.73 Å². The second kappa shape index (κ2) is 9.64. The van der Waals surface area contributed by atoms with E-state index in [-0.39, 0.29) is 30.4 Å². The number of halogens is 1. The number of methoxy groups -OCH3 is 1. The van der Waals surface area contributed by atoms with Gasteiger partial charge in [-0.2, -0.15) is 0 Å². The van der Waals surface area contributed by atoms with Gasteiger partial charge in [0.25, 0.3) is 5.91 Å². The number of nitrogens with zero attached hydrogens (tertiary/aromatic N) is 2. The van der Waals surface area contributed by atoms with Gasteiger partial charge in [-0.25, -0.2) is 9.97 Å². The summed E-state index contributed by atoms with van der Waals surface area (Å²) in [4.78, 5) is 25.5. The first kappa shape index (κ1) is 23.8. The summed E-state index contributed by atoms with van der Waals surface area (Å²) in [5.74, 6) is 1.55. The van der Waals surface area contributed by atoms with Gasteiger partial charge in [0.2, 0.25) is 0 Å². The standard InChI is InChI=1S/C25H29N5O4.ClH/c1-32-25-33-18-10-9-16(13-3-2-4-13)19(23(18)34-25)21-22-20(28-12-29-21)17(11-27-22)24(31)30-15-7-5-14(26)6-8-15;/h9-15,25,27H,2-8,26H2,1H3,(H,30,31);1H. The van der Waals surface area contributed by atoms with Gasteiger partial charge in [0.1, 0.15) is 17.5 Å². The monoisotopic (exact) mass is 499 g/mol. The fourth-order valence-corrected chi connectivity index (χ4v) is 5.24. The summed E-state index contributed by atoms with van der Waals surface area (Å²) in [5.41, 5.74) is 10.6. The molecular weight excluding hydrogens is 470 g/mol. The average molecular weight is 500 g/mol. The van der Waals surface area contributed by atoms with Gasteiger partial charge in [-0.1, -0.05) is 12.5 Å². The van der Waals surface area contributed by atoms with Gasteiger partial charge in [0.05, 0.1) is 16.6 Å². The Morgan fingerprint density at radius 1 is 1.14 bits per heavy atom. The van der Waals surface area contributed by atoms with Gasteiger partial charge in [-0.05, 0) is 56.1 Å². The van der Waals surface area contributed by atoms with E-state index in [2.05, 4.69) is 26.3 Å². The number of nitrogens with two attached hydrogens (primary N) is 1. The molecule has 35 heavy (non-hydrogen) atoms. The van der Waals surface area contributed by atoms with Crippen LogP contribution in [0.2, 0.25) is 0 Å². The van der Waals surface area contributed by atoms with Crippen molar-refractivity contribution in [2.75, 3.05) is 7.11 Å². The Hall–Kier alpha value is -2.88. The minimum atomic E-state index is -0.795. The Morgan fingerprint density at radius 3 is 2.66 bits per heavy atom. The minimum absolute atomic E-state index is 0. The largest absolute Gasteiger partial charge is 0.428 e. The van der Waals surface area contributed by atoms with Crippen molar-refractivity contribution < 1.29 is 19.0 Å². The van der Waals surface area contributed by atoms with Gasteiger partial charge < -0.3 is 30.2 Å². The molecule has 2 aliphatic carbocycles. The first-order valence-corrected chi connectivity index (χ1v) is 12.0. The van der Waals surface area contributed by atoms with Crippen LogP contribution in [0.5, 0.6) is 11.5 Å². The molecule has 0 saturated heterocycles. The van der Waals surface area contributed by atoms with Crippen LogP contribution in [0.3, 0.4) is 0 Å². The molecule has 1 unspecified atom stereocenters. The molecule has 1 aromatic carbocycles. The van der Waals surface area contributed by atoms with Gasteiger partial charge in [0.15, 0.2) is 11.5 Å². The smallest absolute Gasteiger partial charge is 0.360 e. The number of carbonyl (C=O) groups is 1. The van der Waals surface area contributed by atoms with E-state index in [1.165, 1.54) is 18.3 Å². The Balaban J connectivity index is 0.00000253. The van der Waals surface area contributed by atoms with Gasteiger partial charge in [-0.15, -0.1) is 12.4 Å². The highest BCUT2D eigenvalue weighted by Crippen LogP contribution is 2.51. The van der Waals surface area contributed by atoms with E-state index in [9.17, 15) is 4.79 Å². The normalized spacial score (nSPS) is 23.5. The highest BCUT2D eigenvalue weighted by Gasteiger charge is 2.34. The maximum Gasteiger partial charge on any atom is 0.360 e. The predicted octanol–water partition coefficient (Wildman–Crippen LogP) is 4.02. The van der Waals surface area contributed by atoms with Gasteiger partial charge >= 0.3 is 6.48 Å². The van der Waals surface area contributed by atoms with Crippen molar-refractivity contribution in [2.45, 2.75) is 69.4 Å². The van der Waals surface area contributed by atoms with E-state index in [1.54, 1.807) is 13.3 Å². The number of carbonyl (C=O) groups excluding carboxylic acids is 1. The number of H-pyrrole nitrogens is 1. The van der Waals surface area contributed by atoms with Crippen LogP contribution in [0.15, 0.2) is 24.7 Å². The number of aromatic amines is 1. The molecule has 1 aliphatic heterocycles. The second-order valence-corrected chi connectivity index (χ2v) is 9.48. The van der Waals surface area contributed by atoms with Crippen molar-refractivity contribution in [1.82, 2.24) is 20.3 Å². The molecule has 186 valence electrons. The lowest BCUT2D eigenvalue weighted by Crippen LogP contribution is -2.40. The lowest BCUT2D eigenvalue weighted by atomic mass is 9.77. The molecule has 4 N–H and O–H groups in total. The van der Waals surface area contributed by atoms with E-state index < -0.39 is 6.48 Å². The molecule has 10 heteroatoms. The van der Waals surface area contributed by atoms with Crippen molar-refractivity contribution in [3.05, 3.63) is 35.8 Å². The lowest BCUT2D eigenvalue weighted by molar-refractivity contribution is -0.157. The van der Waals surface area contributed by atoms with E-state index in [0.29, 0.717) is 39.7 Å². The molecule has 9 nitrogen and oxygen atoms in total. The summed E-state index contributed by atoms with van der Waals surface area (Å²) >= 11 is 0. The van der Waals surface area contributed by atoms with Crippen molar-refractivity contribution in [1.29, 1.82) is 0 Å². The van der Waals surface area contributed by atoms with Gasteiger partial charge in [-0.3, -0.25) is 4.79 Å². The summed E-state index contributed by atoms with van der Waals surface area (Å²) in [6.07, 6.45) is 10.3. The van der Waals surface area contributed by atoms with Gasteiger partial charge in [0, 0.05) is 25.4 Å². The van der Waals surface area contributed by atoms with Crippen LogP contribution in [0, 0.1) is 0 Å². The van der Waals surface area contributed by atoms with E-state index in [4.69, 9.17) is 19.9 Å². The molecule has 1 amide bonds. The topological polar surface area (TPSA) is 124 Å². The highest BCUT2D eigenvalue weighted by molar-refractivity contribution is 6.08. The van der Waals surface area contributed by atoms with Crippen molar-refractivity contribution in [3.63, 3.8) is 0 Å². The number of rotatable bonds is 5. The molecule has 2 aromatic heterocycles. The maximum absolute atomic E-state index is 13.1. The Labute approximate surface area is 209 Å². The number of ether oxygens (including phenoxy) is 3. The third-order valence-electron chi connectivity index (χ3n) is 7.38. The first-order valence-electron chi connectivity index (χ1n) is 12.0. The zero-order valence-electron chi connectivity index (χ0n) is 19.6. The predicted molar refractivity (Wildman–Crippen MR) is 133 cm³/mol. The van der Waals surface area contributed by atoms with Crippen LogP contribution in [-0.2, 0) is 4.74 Å². The summed E-state index contributed by atoms with van der Waals surface area (Å²) in [6, 6.07) is 4.40. The summed E-state index contributed by atoms with van der Waals surface area (Å²) < 4.78 is 17.1. The summed E-state index contributed by atoms with van der Waals surface area (Å²) in [5, 5.41) is 3.16. The number of benzene rings is 1. The summed E-state index contributed by atoms with van der Waals surface area (Å²) in [7, 11) is 1.54. The number of amides is 1. The number of aromatic nitrogens is 3. The molecule has 6 rings (SSSR count). The molecule has 2 fully saturated rings. The Morgan fingerprint density at radius 2 is 1.94 bits per heavy atom. The SMILES string of the molecule is COC1Oc2ccc(C3CCC3)c(-c3ncnc4c(C(=O)NC5CCC(N)CC5)c[nH]c34)c2O1.Cl. The van der Waals surface area contributed by atoms with E-state index in [0.717, 1.165) is 44.1 Å². The zero-order chi connectivity index (χ0) is 23.2. The number of hydrogen-bond acceptors (Lipinski definition) is 7. The average Bonchev–Trinajstić information content (AvgIpc) is 3.43. The molecule has 3 aromatic rings. The molecule has 0 spiro atoms. The molecule has 3 heterocycles. The molecule has 3 aliphatic rings. The van der Waals surface area contributed by atoms with Crippen LogP contribution >= 0.6 is 12.4 Å². The van der Waals surface area contributed by atoms with Crippen LogP contribution in [0.25, 0.3) is 22.3 Å². The maximum atomic E-state index is 13.1. The molecule has 2 saturated carbocycles. The third-order valence-corrected chi connectivity index (χ3v) is 7.38. The van der Waals surface area contributed by atoms with Crippen LogP contribution in [0.4, 0.5) is 0 Å². The summed E-state index contributed by atoms with van der Waals surface area (Å²) in [6.45, 7) is -0.795. The zero-order valence-corrected chi connectivity index (χ0v) is 20.4. The minimum Gasteiger partial charge on any atom is -0.428 e. The molecule has 0 radical (unpaired) electrons. The quantitative estimate of drug-likeness (QED) is 0.484. The first-order chi connectivity index (χ1) is 16.6. The molecule has 1 atom stereocenters. The highest BCUT2D eigenvalue weighted by atomic mass is 35.5. The van der Waals surface area contributed by atoms with Crippen LogP contribution in [0.1, 0.15) is 66.8 Å². The number of fused-ring (bicyclic) bond motifs is 2. The van der Waals surface area contributed by atoms with Crippen LogP contribution < -0.4 is 20.5 Å². The van der Waals surface area contributed by atoms with Crippen molar-refractivity contribution >= 4 is 29.3 Å². The Kier molecular flexibility index (Phi) is 6.57. The number of hydrogen-bond donors (Lipinski definition) is 3. The Bertz CT molecular complexity index is 1240. The van der Waals surface area contributed by atoms with Crippen molar-refractivity contribution in [3.8, 4) is 22.8 Å². The lowest BCUT2D eigenvalue weighted by Gasteiger charge is -2.28. The van der Waals surface area contributed by atoms with E-state index >= 15 is 0 Å². The third kappa shape index (κ3) is 4.22. The van der Waals surface area contributed by atoms with Crippen LogP contribution in [-0.4, -0.2) is 46.5 Å². The number of nitrogens with one attached hydrogen (secondary N) is 2. The fourth-order valence-electron chi connectivity index (χ4n) is 5.24. The van der Waals surface area contributed by atoms with E-state index in [1.807, 2.05) is 6.07 Å². The molecular formula is C25H30ClN5O4.